The van der Waals surface area contributed by atoms with E-state index in [1.807, 2.05) is 76.8 Å². The summed E-state index contributed by atoms with van der Waals surface area (Å²) >= 11 is 15.2. The fourth-order valence-corrected chi connectivity index (χ4v) is 12.3. The van der Waals surface area contributed by atoms with Gasteiger partial charge in [0.1, 0.15) is 0 Å². The van der Waals surface area contributed by atoms with Crippen LogP contribution in [0, 0.1) is 0 Å². The summed E-state index contributed by atoms with van der Waals surface area (Å²) in [5.74, 6) is 5.79. The van der Waals surface area contributed by atoms with Crippen molar-refractivity contribution in [1.82, 2.24) is 5.32 Å². The van der Waals surface area contributed by atoms with Crippen LogP contribution in [0.3, 0.4) is 0 Å². The van der Waals surface area contributed by atoms with Crippen LogP contribution in [-0.2, 0) is 21.6 Å². The maximum atomic E-state index is 11.9. The van der Waals surface area contributed by atoms with Gasteiger partial charge in [-0.15, -0.1) is 70.6 Å². The zero-order valence-electron chi connectivity index (χ0n) is 20.8. The van der Waals surface area contributed by atoms with Crippen LogP contribution in [0.2, 0.25) is 0 Å². The highest BCUT2D eigenvalue weighted by Crippen LogP contribution is 2.19. The number of aliphatic imine (C=N–C) groups is 2. The Bertz CT molecular complexity index is 648. The Morgan fingerprint density at radius 2 is 1.46 bits per heavy atom. The van der Waals surface area contributed by atoms with Gasteiger partial charge < -0.3 is 10.4 Å². The van der Waals surface area contributed by atoms with Gasteiger partial charge in [-0.3, -0.25) is 23.2 Å². The smallest absolute Gasteiger partial charge is 0.279 e. The second-order valence-corrected chi connectivity index (χ2v) is 19.9. The Balaban J connectivity index is 3.31. The first-order valence-corrected chi connectivity index (χ1v) is 24.1. The monoisotopic (exact) mass is 723 g/mol. The summed E-state index contributed by atoms with van der Waals surface area (Å²) in [6.07, 6.45) is 1.97. The predicted molar refractivity (Wildman–Crippen MR) is 191 cm³/mol. The summed E-state index contributed by atoms with van der Waals surface area (Å²) in [6.45, 7) is 1.35. The average molecular weight is 724 g/mol. The Hall–Kier alpha value is 2.22. The normalized spacial score (nSPS) is 13.5. The zero-order valence-corrected chi connectivity index (χ0v) is 29.8. The summed E-state index contributed by atoms with van der Waals surface area (Å²) in [4.78, 5) is 20.1. The van der Waals surface area contributed by atoms with Crippen LogP contribution in [0.5, 0.6) is 0 Å². The third-order valence-corrected chi connectivity index (χ3v) is 15.5. The Labute approximate surface area is 265 Å². The Kier molecular flexibility index (Phi) is 34.7. The first kappa shape index (κ1) is 39.2. The first-order valence-electron chi connectivity index (χ1n) is 10.9. The van der Waals surface area contributed by atoms with Gasteiger partial charge in [0.25, 0.3) is 5.24 Å². The standard InChI is InChI=1S/C19H37N3O4S11/c1-27-10-21-12-36(25)9-8-31-17-34-16-30-6-7-35-19(24)22-3-5-29-15-33-14-28-4-2-20-11-37(26)18-32-13-23/h11-12,23H,2-10,13-18H2,1H3,(H,22,24)/b20-11?,21-12-. The van der Waals surface area contributed by atoms with E-state index in [0.717, 1.165) is 49.1 Å². The zero-order chi connectivity index (χ0) is 27.2. The number of hydrogen-bond donors (Lipinski definition) is 2. The largest absolute Gasteiger partial charge is 0.386 e. The summed E-state index contributed by atoms with van der Waals surface area (Å²) in [7, 11) is -2.04. The molecule has 0 aromatic heterocycles. The molecule has 0 aliphatic rings. The molecule has 0 aromatic rings. The van der Waals surface area contributed by atoms with Crippen molar-refractivity contribution in [3.05, 3.63) is 0 Å². The summed E-state index contributed by atoms with van der Waals surface area (Å²) < 4.78 is 23.1. The summed E-state index contributed by atoms with van der Waals surface area (Å²) in [5, 5.41) is 16.1. The quantitative estimate of drug-likeness (QED) is 0.0504. The summed E-state index contributed by atoms with van der Waals surface area (Å²) in [5.41, 5.74) is 3.03. The van der Waals surface area contributed by atoms with Crippen molar-refractivity contribution in [2.45, 2.75) is 0 Å². The van der Waals surface area contributed by atoms with Crippen LogP contribution >= 0.6 is 106 Å². The Morgan fingerprint density at radius 3 is 2.16 bits per heavy atom. The van der Waals surface area contributed by atoms with E-state index < -0.39 is 21.6 Å². The van der Waals surface area contributed by atoms with E-state index in [2.05, 4.69) is 15.3 Å². The molecule has 37 heavy (non-hydrogen) atoms. The number of amides is 1. The number of carbonyl (C=O) groups excluding carboxylic acids is 1. The lowest BCUT2D eigenvalue weighted by atomic mass is 10.8. The van der Waals surface area contributed by atoms with Crippen molar-refractivity contribution in [3.63, 3.8) is 0 Å². The van der Waals surface area contributed by atoms with Crippen LogP contribution in [0.4, 0.5) is 4.79 Å². The van der Waals surface area contributed by atoms with Crippen LogP contribution in [0.1, 0.15) is 0 Å². The maximum Gasteiger partial charge on any atom is 0.279 e. The molecule has 0 aromatic carbocycles. The molecule has 7 nitrogen and oxygen atoms in total. The van der Waals surface area contributed by atoms with Crippen LogP contribution in [0.25, 0.3) is 0 Å². The summed E-state index contributed by atoms with van der Waals surface area (Å²) in [6, 6.07) is 0. The second kappa shape index (κ2) is 32.7. The van der Waals surface area contributed by atoms with Crippen molar-refractivity contribution >= 4 is 144 Å². The van der Waals surface area contributed by atoms with Crippen LogP contribution in [0.15, 0.2) is 9.98 Å². The molecule has 0 aliphatic heterocycles. The molecule has 0 fully saturated rings. The highest BCUT2D eigenvalue weighted by molar-refractivity contribution is 8.23. The van der Waals surface area contributed by atoms with Crippen molar-refractivity contribution in [2.24, 2.45) is 9.98 Å². The number of aliphatic hydroxyl groups excluding tert-OH is 1. The number of rotatable bonds is 27. The number of carbonyl (C=O) groups is 1. The van der Waals surface area contributed by atoms with Gasteiger partial charge in [-0.25, -0.2) is 0 Å². The fraction of sp³-hybridized carbons (Fsp3) is 0.842. The molecule has 2 unspecified atom stereocenters. The molecule has 0 radical (unpaired) electrons. The van der Waals surface area contributed by atoms with E-state index >= 15 is 0 Å². The van der Waals surface area contributed by atoms with E-state index in [-0.39, 0.29) is 11.2 Å². The third-order valence-electron chi connectivity index (χ3n) is 3.32. The van der Waals surface area contributed by atoms with Crippen LogP contribution in [-0.4, -0.2) is 121 Å². The molecule has 0 aliphatic carbocycles. The van der Waals surface area contributed by atoms with Gasteiger partial charge in [0.15, 0.2) is 0 Å². The molecular formula is C19H37N3O4S11. The number of hydrogen-bond acceptors (Lipinski definition) is 15. The maximum absolute atomic E-state index is 11.9. The van der Waals surface area contributed by atoms with E-state index in [1.165, 1.54) is 29.1 Å². The molecule has 18 heteroatoms. The SMILES string of the molecule is CSC/N=C\S(=O)CCSCSCSCCSC(=O)NCCSCSCSCCN=CS(=O)CSCO. The highest BCUT2D eigenvalue weighted by atomic mass is 32.2. The predicted octanol–water partition coefficient (Wildman–Crippen LogP) is 5.17. The topological polar surface area (TPSA) is 108 Å². The molecule has 0 heterocycles. The average Bonchev–Trinajstić information content (AvgIpc) is 2.89. The number of aliphatic hydroxyl groups is 1. The van der Waals surface area contributed by atoms with Gasteiger partial charge in [-0.2, -0.15) is 23.5 Å². The van der Waals surface area contributed by atoms with Gasteiger partial charge in [-0.05, 0) is 6.26 Å². The van der Waals surface area contributed by atoms with Crippen LogP contribution < -0.4 is 5.32 Å². The molecule has 0 rings (SSSR count). The second-order valence-electron chi connectivity index (χ2n) is 6.21. The van der Waals surface area contributed by atoms with Gasteiger partial charge in [0.2, 0.25) is 0 Å². The van der Waals surface area contributed by atoms with Gasteiger partial charge in [0.05, 0.1) is 49.6 Å². The third kappa shape index (κ3) is 32.6. The molecular weight excluding hydrogens is 687 g/mol. The van der Waals surface area contributed by atoms with Gasteiger partial charge in [0, 0.05) is 67.9 Å². The first-order chi connectivity index (χ1) is 18.1. The van der Waals surface area contributed by atoms with Crippen molar-refractivity contribution < 1.29 is 18.3 Å². The number of nitrogens with zero attached hydrogens (tertiary/aromatic N) is 2. The fourth-order valence-electron chi connectivity index (χ4n) is 1.79. The lowest BCUT2D eigenvalue weighted by Gasteiger charge is -2.05. The van der Waals surface area contributed by atoms with Crippen molar-refractivity contribution in [2.75, 3.05) is 91.1 Å². The van der Waals surface area contributed by atoms with E-state index in [4.69, 9.17) is 5.11 Å². The number of thioether (sulfide) groups is 9. The van der Waals surface area contributed by atoms with Gasteiger partial charge in [-0.1, -0.05) is 11.8 Å². The van der Waals surface area contributed by atoms with Gasteiger partial charge >= 0.3 is 0 Å². The Morgan fingerprint density at radius 1 is 0.811 bits per heavy atom. The molecule has 2 N–H and O–H groups in total. The molecule has 0 bridgehead atoms. The molecule has 0 saturated carbocycles. The highest BCUT2D eigenvalue weighted by Gasteiger charge is 2.02. The number of nitrogens with one attached hydrogen (secondary N) is 1. The van der Waals surface area contributed by atoms with E-state index in [0.29, 0.717) is 29.8 Å². The lowest BCUT2D eigenvalue weighted by molar-refractivity contribution is 0.261. The molecule has 218 valence electrons. The molecule has 1 amide bonds. The minimum absolute atomic E-state index is 0.0151. The van der Waals surface area contributed by atoms with E-state index in [9.17, 15) is 13.2 Å². The van der Waals surface area contributed by atoms with Crippen molar-refractivity contribution in [3.8, 4) is 0 Å². The minimum Gasteiger partial charge on any atom is -0.386 e. The molecule has 0 saturated heterocycles. The minimum atomic E-state index is -1.10. The lowest BCUT2D eigenvalue weighted by Crippen LogP contribution is -2.22. The molecule has 0 spiro atoms. The van der Waals surface area contributed by atoms with E-state index in [1.54, 1.807) is 17.3 Å². The van der Waals surface area contributed by atoms with Crippen molar-refractivity contribution in [1.29, 1.82) is 0 Å². The molecule has 2 atom stereocenters.